The van der Waals surface area contributed by atoms with E-state index in [4.69, 9.17) is 5.11 Å². The van der Waals surface area contributed by atoms with Gasteiger partial charge in [-0.05, 0) is 25.1 Å². The lowest BCUT2D eigenvalue weighted by molar-refractivity contribution is 0.0924. The maximum atomic E-state index is 12.9. The van der Waals surface area contributed by atoms with Crippen molar-refractivity contribution in [3.05, 3.63) is 29.0 Å². The Hall–Kier alpha value is -1.53. The number of aromatic nitrogens is 1. The summed E-state index contributed by atoms with van der Waals surface area (Å²) in [6, 6.07) is 4.19. The third-order valence-corrected chi connectivity index (χ3v) is 3.12. The van der Waals surface area contributed by atoms with Gasteiger partial charge < -0.3 is 10.4 Å². The van der Waals surface area contributed by atoms with E-state index in [0.29, 0.717) is 10.2 Å². The summed E-state index contributed by atoms with van der Waals surface area (Å²) in [5, 5.41) is 11.9. The van der Waals surface area contributed by atoms with Crippen LogP contribution in [0.2, 0.25) is 0 Å². The van der Waals surface area contributed by atoms with Crippen LogP contribution < -0.4 is 5.32 Å². The topological polar surface area (TPSA) is 62.2 Å². The van der Waals surface area contributed by atoms with Gasteiger partial charge in [0.2, 0.25) is 0 Å². The molecule has 0 aliphatic carbocycles. The Balaban J connectivity index is 2.21. The van der Waals surface area contributed by atoms with Gasteiger partial charge in [-0.2, -0.15) is 0 Å². The Bertz CT molecular complexity index is 553. The molecule has 6 heteroatoms. The highest BCUT2D eigenvalue weighted by Crippen LogP contribution is 2.22. The highest BCUT2D eigenvalue weighted by atomic mass is 32.1. The molecule has 4 nitrogen and oxygen atoms in total. The number of thiazole rings is 1. The summed E-state index contributed by atoms with van der Waals surface area (Å²) in [6.07, 6.45) is -0.606. The molecular weight excluding hydrogens is 243 g/mol. The number of hydrogen-bond acceptors (Lipinski definition) is 4. The lowest BCUT2D eigenvalue weighted by atomic mass is 10.3. The zero-order valence-electron chi connectivity index (χ0n) is 9.11. The number of aliphatic hydroxyl groups is 1. The molecule has 1 atom stereocenters. The normalized spacial score (nSPS) is 12.6. The van der Waals surface area contributed by atoms with Gasteiger partial charge >= 0.3 is 0 Å². The van der Waals surface area contributed by atoms with Gasteiger partial charge in [0.05, 0.1) is 16.3 Å². The van der Waals surface area contributed by atoms with Crippen LogP contribution in [-0.2, 0) is 0 Å². The summed E-state index contributed by atoms with van der Waals surface area (Å²) in [4.78, 5) is 15.7. The fourth-order valence-electron chi connectivity index (χ4n) is 1.31. The molecule has 0 saturated heterocycles. The van der Waals surface area contributed by atoms with Crippen molar-refractivity contribution in [3.63, 3.8) is 0 Å². The van der Waals surface area contributed by atoms with Gasteiger partial charge in [0.1, 0.15) is 5.82 Å². The minimum absolute atomic E-state index is 0.170. The summed E-state index contributed by atoms with van der Waals surface area (Å²) in [5.74, 6) is -0.704. The molecule has 0 aliphatic heterocycles. The molecule has 2 aromatic rings. The number of benzene rings is 1. The second-order valence-electron chi connectivity index (χ2n) is 3.69. The first-order chi connectivity index (χ1) is 8.06. The summed E-state index contributed by atoms with van der Waals surface area (Å²) in [5.41, 5.74) is 0.596. The molecule has 1 unspecified atom stereocenters. The van der Waals surface area contributed by atoms with Crippen LogP contribution in [0.15, 0.2) is 18.2 Å². The van der Waals surface area contributed by atoms with E-state index < -0.39 is 6.10 Å². The Labute approximate surface area is 101 Å². The van der Waals surface area contributed by atoms with E-state index in [1.165, 1.54) is 18.2 Å². The number of amides is 1. The molecule has 0 bridgehead atoms. The number of carbonyl (C=O) groups is 1. The second-order valence-corrected chi connectivity index (χ2v) is 4.72. The summed E-state index contributed by atoms with van der Waals surface area (Å²) in [7, 11) is 0. The number of carbonyl (C=O) groups excluding carboxylic acids is 1. The number of nitrogens with one attached hydrogen (secondary N) is 1. The largest absolute Gasteiger partial charge is 0.392 e. The summed E-state index contributed by atoms with van der Waals surface area (Å²) < 4.78 is 13.6. The average Bonchev–Trinajstić information content (AvgIpc) is 2.68. The first-order valence-electron chi connectivity index (χ1n) is 5.08. The van der Waals surface area contributed by atoms with Crippen molar-refractivity contribution in [1.82, 2.24) is 10.3 Å². The molecule has 1 aromatic heterocycles. The van der Waals surface area contributed by atoms with Crippen LogP contribution in [0.5, 0.6) is 0 Å². The third-order valence-electron chi connectivity index (χ3n) is 2.10. The van der Waals surface area contributed by atoms with Gasteiger partial charge in [-0.25, -0.2) is 9.37 Å². The van der Waals surface area contributed by atoms with E-state index >= 15 is 0 Å². The predicted octanol–water partition coefficient (Wildman–Crippen LogP) is 1.55. The monoisotopic (exact) mass is 254 g/mol. The molecule has 17 heavy (non-hydrogen) atoms. The van der Waals surface area contributed by atoms with Crippen LogP contribution in [0.1, 0.15) is 16.7 Å². The van der Waals surface area contributed by atoms with E-state index in [2.05, 4.69) is 10.3 Å². The molecule has 1 aromatic carbocycles. The standard InChI is InChI=1S/C11H11FN2O2S/c1-6(15)5-13-10(16)11-14-8-3-2-7(12)4-9(8)17-11/h2-4,6,15H,5H2,1H3,(H,13,16). The summed E-state index contributed by atoms with van der Waals surface area (Å²) >= 11 is 1.13. The first kappa shape index (κ1) is 11.9. The molecule has 0 fully saturated rings. The molecule has 90 valence electrons. The molecule has 0 aliphatic rings. The van der Waals surface area contributed by atoms with Crippen molar-refractivity contribution in [2.24, 2.45) is 0 Å². The number of halogens is 1. The van der Waals surface area contributed by atoms with E-state index in [1.807, 2.05) is 0 Å². The quantitative estimate of drug-likeness (QED) is 0.873. The average molecular weight is 254 g/mol. The van der Waals surface area contributed by atoms with Crippen LogP contribution in [0.4, 0.5) is 4.39 Å². The van der Waals surface area contributed by atoms with Crippen molar-refractivity contribution in [2.45, 2.75) is 13.0 Å². The van der Waals surface area contributed by atoms with Crippen molar-refractivity contribution in [3.8, 4) is 0 Å². The van der Waals surface area contributed by atoms with Crippen molar-refractivity contribution >= 4 is 27.5 Å². The van der Waals surface area contributed by atoms with Gasteiger partial charge in [-0.1, -0.05) is 0 Å². The molecule has 0 radical (unpaired) electrons. The number of hydrogen-bond donors (Lipinski definition) is 2. The first-order valence-corrected chi connectivity index (χ1v) is 5.90. The highest BCUT2D eigenvalue weighted by Gasteiger charge is 2.12. The molecular formula is C11H11FN2O2S. The van der Waals surface area contributed by atoms with Gasteiger partial charge in [0.15, 0.2) is 5.01 Å². The zero-order chi connectivity index (χ0) is 12.4. The van der Waals surface area contributed by atoms with E-state index in [1.54, 1.807) is 6.92 Å². The van der Waals surface area contributed by atoms with E-state index in [-0.39, 0.29) is 23.3 Å². The molecule has 0 saturated carbocycles. The van der Waals surface area contributed by atoms with E-state index in [9.17, 15) is 9.18 Å². The fraction of sp³-hybridized carbons (Fsp3) is 0.273. The SMILES string of the molecule is CC(O)CNC(=O)c1nc2ccc(F)cc2s1. The Morgan fingerprint density at radius 3 is 3.12 bits per heavy atom. The van der Waals surface area contributed by atoms with Crippen molar-refractivity contribution in [2.75, 3.05) is 6.54 Å². The van der Waals surface area contributed by atoms with Crippen LogP contribution in [0.25, 0.3) is 10.2 Å². The van der Waals surface area contributed by atoms with Gasteiger partial charge in [0.25, 0.3) is 5.91 Å². The number of fused-ring (bicyclic) bond motifs is 1. The van der Waals surface area contributed by atoms with E-state index in [0.717, 1.165) is 11.3 Å². The van der Waals surface area contributed by atoms with Crippen molar-refractivity contribution in [1.29, 1.82) is 0 Å². The van der Waals surface area contributed by atoms with Crippen LogP contribution >= 0.6 is 11.3 Å². The Morgan fingerprint density at radius 2 is 2.41 bits per heavy atom. The maximum absolute atomic E-state index is 12.9. The van der Waals surface area contributed by atoms with Crippen LogP contribution in [0, 0.1) is 5.82 Å². The maximum Gasteiger partial charge on any atom is 0.280 e. The molecule has 2 rings (SSSR count). The molecule has 0 spiro atoms. The van der Waals surface area contributed by atoms with Gasteiger partial charge in [0, 0.05) is 6.54 Å². The minimum Gasteiger partial charge on any atom is -0.392 e. The molecule has 1 amide bonds. The van der Waals surface area contributed by atoms with Crippen LogP contribution in [0.3, 0.4) is 0 Å². The Kier molecular flexibility index (Phi) is 3.35. The zero-order valence-corrected chi connectivity index (χ0v) is 9.92. The highest BCUT2D eigenvalue weighted by molar-refractivity contribution is 7.20. The predicted molar refractivity (Wildman–Crippen MR) is 63.6 cm³/mol. The number of aliphatic hydroxyl groups excluding tert-OH is 1. The smallest absolute Gasteiger partial charge is 0.280 e. The summed E-state index contributed by atoms with van der Waals surface area (Å²) in [6.45, 7) is 1.75. The van der Waals surface area contributed by atoms with Crippen LogP contribution in [-0.4, -0.2) is 28.6 Å². The molecule has 1 heterocycles. The third kappa shape index (κ3) is 2.78. The fourth-order valence-corrected chi connectivity index (χ4v) is 2.22. The second kappa shape index (κ2) is 4.77. The lowest BCUT2D eigenvalue weighted by Gasteiger charge is -2.04. The number of nitrogens with zero attached hydrogens (tertiary/aromatic N) is 1. The van der Waals surface area contributed by atoms with Gasteiger partial charge in [-0.3, -0.25) is 4.79 Å². The number of rotatable bonds is 3. The van der Waals surface area contributed by atoms with Crippen molar-refractivity contribution < 1.29 is 14.3 Å². The minimum atomic E-state index is -0.606. The molecule has 2 N–H and O–H groups in total. The lowest BCUT2D eigenvalue weighted by Crippen LogP contribution is -2.30. The van der Waals surface area contributed by atoms with Gasteiger partial charge in [-0.15, -0.1) is 11.3 Å². The Morgan fingerprint density at radius 1 is 1.65 bits per heavy atom.